The van der Waals surface area contributed by atoms with Gasteiger partial charge in [0.2, 0.25) is 0 Å². The van der Waals surface area contributed by atoms with E-state index in [0.717, 1.165) is 23.4 Å². The van der Waals surface area contributed by atoms with E-state index in [1.807, 2.05) is 4.40 Å². The molecule has 2 aromatic rings. The molecule has 1 unspecified atom stereocenters. The van der Waals surface area contributed by atoms with Crippen molar-refractivity contribution in [3.05, 3.63) is 22.6 Å². The summed E-state index contributed by atoms with van der Waals surface area (Å²) in [6.45, 7) is 0. The Hall–Kier alpha value is -0.580. The zero-order valence-corrected chi connectivity index (χ0v) is 8.92. The summed E-state index contributed by atoms with van der Waals surface area (Å²) in [7, 11) is 0. The third-order valence-electron chi connectivity index (χ3n) is 2.61. The van der Waals surface area contributed by atoms with Crippen molar-refractivity contribution < 1.29 is 5.11 Å². The monoisotopic (exact) mass is 228 g/mol. The van der Waals surface area contributed by atoms with Crippen LogP contribution in [0.3, 0.4) is 0 Å². The molecule has 1 fully saturated rings. The van der Waals surface area contributed by atoms with Crippen LogP contribution in [0.2, 0.25) is 4.34 Å². The summed E-state index contributed by atoms with van der Waals surface area (Å²) in [4.78, 5) is 5.02. The van der Waals surface area contributed by atoms with E-state index < -0.39 is 6.10 Å². The van der Waals surface area contributed by atoms with Crippen LogP contribution in [-0.4, -0.2) is 14.5 Å². The third-order valence-corrected chi connectivity index (χ3v) is 3.93. The molecule has 1 N–H and O–H groups in total. The second-order valence-corrected chi connectivity index (χ2v) is 5.28. The van der Waals surface area contributed by atoms with Gasteiger partial charge in [0.1, 0.15) is 15.5 Å². The van der Waals surface area contributed by atoms with Gasteiger partial charge in [0, 0.05) is 0 Å². The minimum Gasteiger partial charge on any atom is -0.386 e. The quantitative estimate of drug-likeness (QED) is 0.858. The average molecular weight is 229 g/mol. The topological polar surface area (TPSA) is 37.5 Å². The smallest absolute Gasteiger partial charge is 0.121 e. The van der Waals surface area contributed by atoms with Crippen molar-refractivity contribution >= 4 is 27.8 Å². The van der Waals surface area contributed by atoms with Crippen LogP contribution in [0.4, 0.5) is 0 Å². The number of imidazole rings is 1. The molecule has 0 bridgehead atoms. The second kappa shape index (κ2) is 2.95. The molecule has 1 aliphatic carbocycles. The molecule has 1 atom stereocenters. The van der Waals surface area contributed by atoms with Crippen LogP contribution < -0.4 is 0 Å². The van der Waals surface area contributed by atoms with Crippen molar-refractivity contribution in [1.29, 1.82) is 0 Å². The van der Waals surface area contributed by atoms with E-state index in [-0.39, 0.29) is 0 Å². The maximum atomic E-state index is 10.0. The van der Waals surface area contributed by atoms with Gasteiger partial charge >= 0.3 is 0 Å². The number of aliphatic hydroxyl groups is 1. The van der Waals surface area contributed by atoms with Crippen LogP contribution in [-0.2, 0) is 0 Å². The van der Waals surface area contributed by atoms with Crippen molar-refractivity contribution in [2.24, 2.45) is 5.92 Å². The molecule has 5 heteroatoms. The fraction of sp³-hybridized carbons (Fsp3) is 0.444. The summed E-state index contributed by atoms with van der Waals surface area (Å²) >= 11 is 7.55. The Bertz CT molecular complexity index is 474. The Morgan fingerprint density at radius 3 is 3.14 bits per heavy atom. The predicted molar refractivity (Wildman–Crippen MR) is 55.8 cm³/mol. The minimum absolute atomic E-state index is 0.396. The van der Waals surface area contributed by atoms with Gasteiger partial charge in [-0.05, 0) is 18.8 Å². The Labute approximate surface area is 90.0 Å². The van der Waals surface area contributed by atoms with Gasteiger partial charge in [-0.1, -0.05) is 11.6 Å². The summed E-state index contributed by atoms with van der Waals surface area (Å²) < 4.78 is 2.57. The van der Waals surface area contributed by atoms with Gasteiger partial charge < -0.3 is 5.11 Å². The summed E-state index contributed by atoms with van der Waals surface area (Å²) in [6.07, 6.45) is 5.25. The normalized spacial score (nSPS) is 19.0. The molecule has 0 aliphatic heterocycles. The van der Waals surface area contributed by atoms with Gasteiger partial charge in [-0.3, -0.25) is 4.40 Å². The van der Waals surface area contributed by atoms with Gasteiger partial charge in [0.25, 0.3) is 0 Å². The second-order valence-electron chi connectivity index (χ2n) is 3.65. The van der Waals surface area contributed by atoms with E-state index in [1.165, 1.54) is 11.3 Å². The van der Waals surface area contributed by atoms with Crippen molar-refractivity contribution in [2.45, 2.75) is 18.9 Å². The van der Waals surface area contributed by atoms with E-state index in [4.69, 9.17) is 11.6 Å². The minimum atomic E-state index is -0.426. The molecule has 0 amide bonds. The van der Waals surface area contributed by atoms with Crippen LogP contribution in [0.1, 0.15) is 24.6 Å². The van der Waals surface area contributed by atoms with Crippen LogP contribution in [0.25, 0.3) is 4.83 Å². The number of halogens is 1. The first-order chi connectivity index (χ1) is 6.77. The lowest BCUT2D eigenvalue weighted by Gasteiger charge is -2.08. The zero-order valence-electron chi connectivity index (χ0n) is 7.35. The lowest BCUT2D eigenvalue weighted by Crippen LogP contribution is -2.03. The lowest BCUT2D eigenvalue weighted by molar-refractivity contribution is 0.148. The van der Waals surface area contributed by atoms with E-state index >= 15 is 0 Å². The number of hydrogen-bond donors (Lipinski definition) is 1. The Kier molecular flexibility index (Phi) is 1.84. The first-order valence-electron chi connectivity index (χ1n) is 4.55. The van der Waals surface area contributed by atoms with Crippen LogP contribution >= 0.6 is 22.9 Å². The summed E-state index contributed by atoms with van der Waals surface area (Å²) in [5, 5.41) is 10.0. The van der Waals surface area contributed by atoms with Crippen molar-refractivity contribution in [2.75, 3.05) is 0 Å². The number of fused-ring (bicyclic) bond motifs is 1. The Morgan fingerprint density at radius 2 is 2.43 bits per heavy atom. The maximum Gasteiger partial charge on any atom is 0.121 e. The summed E-state index contributed by atoms with van der Waals surface area (Å²) in [5.74, 6) is 0.396. The zero-order chi connectivity index (χ0) is 9.71. The standard InChI is InChI=1S/C9H9ClN2OS/c10-9-7(8(13)5-1-2-5)12-4-11-3-6(12)14-9/h3-5,8,13H,1-2H2. The number of aromatic nitrogens is 2. The van der Waals surface area contributed by atoms with Crippen LogP contribution in [0.5, 0.6) is 0 Å². The molecule has 0 aromatic carbocycles. The average Bonchev–Trinajstić information content (AvgIpc) is 2.83. The molecule has 0 radical (unpaired) electrons. The molecule has 0 saturated heterocycles. The first kappa shape index (κ1) is 8.71. The van der Waals surface area contributed by atoms with E-state index in [2.05, 4.69) is 4.98 Å². The van der Waals surface area contributed by atoms with Crippen molar-refractivity contribution in [3.63, 3.8) is 0 Å². The van der Waals surface area contributed by atoms with Gasteiger partial charge in [-0.25, -0.2) is 4.98 Å². The molecular weight excluding hydrogens is 220 g/mol. The molecule has 2 heterocycles. The maximum absolute atomic E-state index is 10.0. The fourth-order valence-electron chi connectivity index (χ4n) is 1.67. The van der Waals surface area contributed by atoms with Crippen LogP contribution in [0.15, 0.2) is 12.5 Å². The number of nitrogens with zero attached hydrogens (tertiary/aromatic N) is 2. The molecule has 2 aromatic heterocycles. The highest BCUT2D eigenvalue weighted by Gasteiger charge is 2.34. The molecule has 1 saturated carbocycles. The van der Waals surface area contributed by atoms with Gasteiger partial charge in [0.05, 0.1) is 18.0 Å². The highest BCUT2D eigenvalue weighted by atomic mass is 35.5. The summed E-state index contributed by atoms with van der Waals surface area (Å²) in [6, 6.07) is 0. The molecule has 3 rings (SSSR count). The largest absolute Gasteiger partial charge is 0.386 e. The molecule has 0 spiro atoms. The number of aliphatic hydroxyl groups excluding tert-OH is 1. The van der Waals surface area contributed by atoms with Crippen molar-refractivity contribution in [3.8, 4) is 0 Å². The SMILES string of the molecule is OC(c1c(Cl)sc2cncn12)C1CC1. The van der Waals surface area contributed by atoms with Crippen LogP contribution in [0, 0.1) is 5.92 Å². The molecule has 14 heavy (non-hydrogen) atoms. The number of hydrogen-bond acceptors (Lipinski definition) is 3. The van der Waals surface area contributed by atoms with E-state index in [1.54, 1.807) is 12.5 Å². The number of rotatable bonds is 2. The molecule has 3 nitrogen and oxygen atoms in total. The molecule has 74 valence electrons. The highest BCUT2D eigenvalue weighted by Crippen LogP contribution is 2.44. The first-order valence-corrected chi connectivity index (χ1v) is 5.75. The Morgan fingerprint density at radius 1 is 1.64 bits per heavy atom. The molecular formula is C9H9ClN2OS. The number of thiazole rings is 1. The third kappa shape index (κ3) is 1.18. The van der Waals surface area contributed by atoms with Crippen molar-refractivity contribution in [1.82, 2.24) is 9.38 Å². The summed E-state index contributed by atoms with van der Waals surface area (Å²) in [5.41, 5.74) is 0.812. The molecule has 1 aliphatic rings. The highest BCUT2D eigenvalue weighted by molar-refractivity contribution is 7.21. The van der Waals surface area contributed by atoms with E-state index in [0.29, 0.717) is 10.3 Å². The fourth-order valence-corrected chi connectivity index (χ4v) is 2.98. The van der Waals surface area contributed by atoms with Gasteiger partial charge in [0.15, 0.2) is 0 Å². The van der Waals surface area contributed by atoms with E-state index in [9.17, 15) is 5.11 Å². The Balaban J connectivity index is 2.16. The predicted octanol–water partition coefficient (Wildman–Crippen LogP) is 2.49. The van der Waals surface area contributed by atoms with Gasteiger partial charge in [-0.15, -0.1) is 11.3 Å². The van der Waals surface area contributed by atoms with Gasteiger partial charge in [-0.2, -0.15) is 0 Å². The lowest BCUT2D eigenvalue weighted by atomic mass is 10.2.